The summed E-state index contributed by atoms with van der Waals surface area (Å²) < 4.78 is 13.8. The predicted octanol–water partition coefficient (Wildman–Crippen LogP) is 2.78. The van der Waals surface area contributed by atoms with Crippen LogP contribution in [0, 0.1) is 17.3 Å². The van der Waals surface area contributed by atoms with Gasteiger partial charge in [-0.1, -0.05) is 0 Å². The Hall–Kier alpha value is -0.950. The molecule has 0 atom stereocenters. The molecule has 0 aliphatic rings. The van der Waals surface area contributed by atoms with Crippen molar-refractivity contribution in [3.05, 3.63) is 28.2 Å². The topological polar surface area (TPSA) is 36.7 Å². The quantitative estimate of drug-likeness (QED) is 0.711. The summed E-state index contributed by atoms with van der Waals surface area (Å²) >= 11 is 3.18. The monoisotopic (exact) mass is 242 g/mol. The molecule has 0 bridgehead atoms. The molecule has 68 valence electrons. The Morgan fingerprint density at radius 3 is 2.77 bits per heavy atom. The molecule has 0 aromatic carbocycles. The number of nitrogens with zero attached hydrogens (tertiary/aromatic N) is 2. The van der Waals surface area contributed by atoms with Crippen LogP contribution in [0.2, 0.25) is 0 Å². The first kappa shape index (κ1) is 10.1. The van der Waals surface area contributed by atoms with E-state index >= 15 is 0 Å². The molecule has 1 rings (SSSR count). The molecule has 13 heavy (non-hydrogen) atoms. The summed E-state index contributed by atoms with van der Waals surface area (Å²) in [5.74, 6) is -0.588. The summed E-state index contributed by atoms with van der Waals surface area (Å²) in [6.45, 7) is 3.30. The lowest BCUT2D eigenvalue weighted by Gasteiger charge is -2.15. The van der Waals surface area contributed by atoms with Gasteiger partial charge in [0.15, 0.2) is 0 Å². The lowest BCUT2D eigenvalue weighted by atomic mass is 9.87. The van der Waals surface area contributed by atoms with Crippen molar-refractivity contribution < 1.29 is 4.39 Å². The maximum Gasteiger partial charge on any atom is 0.217 e. The SMILES string of the molecule is CC(C)(C#N)c1cc(Br)cnc1F. The van der Waals surface area contributed by atoms with Gasteiger partial charge in [0.2, 0.25) is 5.95 Å². The highest BCUT2D eigenvalue weighted by atomic mass is 79.9. The number of nitriles is 1. The second kappa shape index (κ2) is 3.43. The lowest BCUT2D eigenvalue weighted by molar-refractivity contribution is 0.530. The van der Waals surface area contributed by atoms with Gasteiger partial charge in [-0.2, -0.15) is 9.65 Å². The highest BCUT2D eigenvalue weighted by Gasteiger charge is 2.24. The van der Waals surface area contributed by atoms with Crippen LogP contribution in [0.5, 0.6) is 0 Å². The van der Waals surface area contributed by atoms with Gasteiger partial charge in [0, 0.05) is 16.2 Å². The number of hydrogen-bond donors (Lipinski definition) is 0. The zero-order valence-electron chi connectivity index (χ0n) is 7.31. The Bertz CT molecular complexity index is 368. The highest BCUT2D eigenvalue weighted by molar-refractivity contribution is 9.10. The number of rotatable bonds is 1. The Labute approximate surface area is 84.5 Å². The van der Waals surface area contributed by atoms with E-state index in [0.29, 0.717) is 10.0 Å². The summed E-state index contributed by atoms with van der Waals surface area (Å²) in [4.78, 5) is 3.53. The van der Waals surface area contributed by atoms with E-state index in [0.717, 1.165) is 0 Å². The maximum atomic E-state index is 13.2. The van der Waals surface area contributed by atoms with Gasteiger partial charge in [0.1, 0.15) is 0 Å². The molecule has 0 N–H and O–H groups in total. The van der Waals surface area contributed by atoms with Crippen LogP contribution >= 0.6 is 15.9 Å². The molecule has 0 fully saturated rings. The summed E-state index contributed by atoms with van der Waals surface area (Å²) in [7, 11) is 0. The van der Waals surface area contributed by atoms with Crippen LogP contribution in [0.25, 0.3) is 0 Å². The largest absolute Gasteiger partial charge is 0.227 e. The fraction of sp³-hybridized carbons (Fsp3) is 0.333. The molecule has 1 aromatic heterocycles. The van der Waals surface area contributed by atoms with Crippen molar-refractivity contribution in [3.8, 4) is 6.07 Å². The van der Waals surface area contributed by atoms with Gasteiger partial charge in [-0.3, -0.25) is 0 Å². The van der Waals surface area contributed by atoms with E-state index in [1.54, 1.807) is 19.9 Å². The van der Waals surface area contributed by atoms with Crippen LogP contribution in [-0.4, -0.2) is 4.98 Å². The Morgan fingerprint density at radius 2 is 2.23 bits per heavy atom. The first-order valence-corrected chi connectivity index (χ1v) is 4.49. The van der Waals surface area contributed by atoms with Crippen molar-refractivity contribution in [3.63, 3.8) is 0 Å². The molecule has 4 heteroatoms. The zero-order chi connectivity index (χ0) is 10.1. The molecule has 0 aliphatic carbocycles. The molecule has 0 saturated heterocycles. The van der Waals surface area contributed by atoms with Crippen molar-refractivity contribution in [1.82, 2.24) is 4.98 Å². The van der Waals surface area contributed by atoms with Crippen molar-refractivity contribution in [2.75, 3.05) is 0 Å². The Kier molecular flexibility index (Phi) is 2.67. The van der Waals surface area contributed by atoms with Gasteiger partial charge in [-0.15, -0.1) is 0 Å². The number of halogens is 2. The van der Waals surface area contributed by atoms with Crippen molar-refractivity contribution in [2.24, 2.45) is 0 Å². The standard InChI is InChI=1S/C9H8BrFN2/c1-9(2,5-12)7-3-6(10)4-13-8(7)11/h3-4H,1-2H3. The van der Waals surface area contributed by atoms with E-state index in [-0.39, 0.29) is 0 Å². The van der Waals surface area contributed by atoms with Gasteiger partial charge < -0.3 is 0 Å². The Morgan fingerprint density at radius 1 is 1.62 bits per heavy atom. The molecule has 0 aliphatic heterocycles. The van der Waals surface area contributed by atoms with Gasteiger partial charge in [0.25, 0.3) is 0 Å². The van der Waals surface area contributed by atoms with Gasteiger partial charge in [0.05, 0.1) is 11.5 Å². The summed E-state index contributed by atoms with van der Waals surface area (Å²) in [5, 5.41) is 8.80. The summed E-state index contributed by atoms with van der Waals surface area (Å²) in [5.41, 5.74) is -0.537. The summed E-state index contributed by atoms with van der Waals surface area (Å²) in [6, 6.07) is 3.60. The molecule has 0 spiro atoms. The van der Waals surface area contributed by atoms with Crippen molar-refractivity contribution >= 4 is 15.9 Å². The molecule has 1 aromatic rings. The highest BCUT2D eigenvalue weighted by Crippen LogP contribution is 2.26. The van der Waals surface area contributed by atoms with Gasteiger partial charge >= 0.3 is 0 Å². The third-order valence-electron chi connectivity index (χ3n) is 1.76. The van der Waals surface area contributed by atoms with Crippen LogP contribution in [0.3, 0.4) is 0 Å². The molecule has 0 amide bonds. The molecule has 2 nitrogen and oxygen atoms in total. The van der Waals surface area contributed by atoms with E-state index < -0.39 is 11.4 Å². The molecule has 0 unspecified atom stereocenters. The first-order chi connectivity index (χ1) is 5.97. The molecular weight excluding hydrogens is 235 g/mol. The normalized spacial score (nSPS) is 11.0. The first-order valence-electron chi connectivity index (χ1n) is 3.70. The second-order valence-electron chi connectivity index (χ2n) is 3.23. The van der Waals surface area contributed by atoms with E-state index in [4.69, 9.17) is 5.26 Å². The predicted molar refractivity (Wildman–Crippen MR) is 50.5 cm³/mol. The minimum absolute atomic E-state index is 0.310. The van der Waals surface area contributed by atoms with Crippen LogP contribution in [-0.2, 0) is 5.41 Å². The molecule has 1 heterocycles. The van der Waals surface area contributed by atoms with Crippen LogP contribution in [0.15, 0.2) is 16.7 Å². The van der Waals surface area contributed by atoms with Crippen LogP contribution < -0.4 is 0 Å². The molecular formula is C9H8BrFN2. The lowest BCUT2D eigenvalue weighted by Crippen LogP contribution is -2.16. The Balaban J connectivity index is 3.30. The average molecular weight is 243 g/mol. The maximum absolute atomic E-state index is 13.2. The number of pyridine rings is 1. The van der Waals surface area contributed by atoms with Crippen molar-refractivity contribution in [1.29, 1.82) is 5.26 Å². The van der Waals surface area contributed by atoms with Crippen molar-refractivity contribution in [2.45, 2.75) is 19.3 Å². The minimum Gasteiger partial charge on any atom is -0.227 e. The second-order valence-corrected chi connectivity index (χ2v) is 4.14. The van der Waals surface area contributed by atoms with Gasteiger partial charge in [-0.05, 0) is 35.8 Å². The number of hydrogen-bond acceptors (Lipinski definition) is 2. The van der Waals surface area contributed by atoms with E-state index in [1.807, 2.05) is 6.07 Å². The average Bonchev–Trinajstić information content (AvgIpc) is 2.09. The third kappa shape index (κ3) is 2.04. The van der Waals surface area contributed by atoms with Crippen LogP contribution in [0.1, 0.15) is 19.4 Å². The zero-order valence-corrected chi connectivity index (χ0v) is 8.89. The van der Waals surface area contributed by atoms with E-state index in [9.17, 15) is 4.39 Å². The third-order valence-corrected chi connectivity index (χ3v) is 2.19. The van der Waals surface area contributed by atoms with E-state index in [1.165, 1.54) is 6.20 Å². The van der Waals surface area contributed by atoms with E-state index in [2.05, 4.69) is 20.9 Å². The fourth-order valence-corrected chi connectivity index (χ4v) is 1.25. The smallest absolute Gasteiger partial charge is 0.217 e. The molecule has 0 radical (unpaired) electrons. The van der Waals surface area contributed by atoms with Crippen LogP contribution in [0.4, 0.5) is 4.39 Å². The van der Waals surface area contributed by atoms with Gasteiger partial charge in [-0.25, -0.2) is 4.98 Å². The minimum atomic E-state index is -0.846. The molecule has 0 saturated carbocycles. The number of aromatic nitrogens is 1. The fourth-order valence-electron chi connectivity index (χ4n) is 0.921. The summed E-state index contributed by atoms with van der Waals surface area (Å²) in [6.07, 6.45) is 1.37.